The van der Waals surface area contributed by atoms with Gasteiger partial charge in [-0.1, -0.05) is 48.5 Å². The lowest BCUT2D eigenvalue weighted by molar-refractivity contribution is 0.262. The zero-order valence-electron chi connectivity index (χ0n) is 24.9. The Labute approximate surface area is 270 Å². The first-order valence-electron chi connectivity index (χ1n) is 15.0. The molecule has 6 aromatic rings. The largest absolute Gasteiger partial charge is 0.368 e. The Hall–Kier alpha value is -5.95. The number of rotatable bonds is 6. The molecule has 2 amide bonds. The Kier molecular flexibility index (Phi) is 6.76. The minimum atomic E-state index is -3.97. The molecule has 3 heterocycles. The molecule has 47 heavy (non-hydrogen) atoms. The van der Waals surface area contributed by atoms with Gasteiger partial charge in [-0.15, -0.1) is 0 Å². The molecule has 13 heteroatoms. The van der Waals surface area contributed by atoms with Gasteiger partial charge in [-0.3, -0.25) is 9.40 Å². The van der Waals surface area contributed by atoms with Gasteiger partial charge in [0.1, 0.15) is 5.82 Å². The predicted molar refractivity (Wildman–Crippen MR) is 182 cm³/mol. The van der Waals surface area contributed by atoms with E-state index in [1.165, 1.54) is 33.1 Å². The number of hydrogen-bond acceptors (Lipinski definition) is 8. The number of aromatic nitrogens is 4. The Morgan fingerprint density at radius 1 is 0.851 bits per heavy atom. The van der Waals surface area contributed by atoms with Crippen LogP contribution in [-0.2, 0) is 22.9 Å². The van der Waals surface area contributed by atoms with Crippen LogP contribution in [0.1, 0.15) is 16.7 Å². The highest BCUT2D eigenvalue weighted by atomic mass is 32.2. The quantitative estimate of drug-likeness (QED) is 0.161. The summed E-state index contributed by atoms with van der Waals surface area (Å²) in [6.45, 7) is 0.150. The van der Waals surface area contributed by atoms with Crippen molar-refractivity contribution < 1.29 is 13.2 Å². The van der Waals surface area contributed by atoms with Crippen LogP contribution in [0.15, 0.2) is 102 Å². The van der Waals surface area contributed by atoms with E-state index in [9.17, 15) is 13.2 Å². The van der Waals surface area contributed by atoms with Crippen LogP contribution >= 0.6 is 0 Å². The van der Waals surface area contributed by atoms with E-state index in [-0.39, 0.29) is 23.4 Å². The molecule has 0 fully saturated rings. The molecule has 1 aliphatic heterocycles. The van der Waals surface area contributed by atoms with E-state index < -0.39 is 16.1 Å². The number of nitrogens with two attached hydrogens (primary N) is 1. The zero-order chi connectivity index (χ0) is 32.1. The number of urea groups is 1. The number of hydrogen-bond donors (Lipinski definition) is 5. The SMILES string of the molecule is Nc1nc(NC2Cc3ccccc3N(S(=O)(=O)c3ccc(NC(=O)Nc4ccc5c(c4)Cc4ccccc4-5)cc3)C2)c2cn[nH]c2n1. The van der Waals surface area contributed by atoms with Crippen molar-refractivity contribution >= 4 is 55.9 Å². The maximum atomic E-state index is 14.1. The molecule has 0 saturated carbocycles. The highest BCUT2D eigenvalue weighted by molar-refractivity contribution is 7.92. The summed E-state index contributed by atoms with van der Waals surface area (Å²) in [4.78, 5) is 21.5. The predicted octanol–water partition coefficient (Wildman–Crippen LogP) is 5.38. The highest BCUT2D eigenvalue weighted by Crippen LogP contribution is 2.38. The molecular formula is C34H29N9O3S. The Morgan fingerprint density at radius 2 is 1.57 bits per heavy atom. The molecular weight excluding hydrogens is 615 g/mol. The van der Waals surface area contributed by atoms with E-state index in [0.717, 1.165) is 17.5 Å². The number of nitrogen functional groups attached to an aromatic ring is 1. The Balaban J connectivity index is 0.983. The molecule has 1 aliphatic carbocycles. The van der Waals surface area contributed by atoms with Crippen LogP contribution in [0.5, 0.6) is 0 Å². The van der Waals surface area contributed by atoms with Crippen molar-refractivity contribution in [1.82, 2.24) is 20.2 Å². The Bertz CT molecular complexity index is 2290. The fourth-order valence-electron chi connectivity index (χ4n) is 6.39. The Morgan fingerprint density at radius 3 is 2.43 bits per heavy atom. The first-order valence-corrected chi connectivity index (χ1v) is 16.5. The fraction of sp³-hybridized carbons (Fsp3) is 0.118. The van der Waals surface area contributed by atoms with E-state index in [0.29, 0.717) is 40.3 Å². The molecule has 4 aromatic carbocycles. The summed E-state index contributed by atoms with van der Waals surface area (Å²) in [5.41, 5.74) is 13.8. The molecule has 8 rings (SSSR count). The van der Waals surface area contributed by atoms with E-state index in [1.807, 2.05) is 48.5 Å². The van der Waals surface area contributed by atoms with Crippen LogP contribution in [0.2, 0.25) is 0 Å². The van der Waals surface area contributed by atoms with Gasteiger partial charge in [-0.25, -0.2) is 13.2 Å². The van der Waals surface area contributed by atoms with Gasteiger partial charge in [-0.2, -0.15) is 15.1 Å². The number of anilines is 5. The highest BCUT2D eigenvalue weighted by Gasteiger charge is 2.34. The summed E-state index contributed by atoms with van der Waals surface area (Å²) in [6.07, 6.45) is 2.99. The van der Waals surface area contributed by atoms with Crippen LogP contribution in [-0.4, -0.2) is 47.2 Å². The summed E-state index contributed by atoms with van der Waals surface area (Å²) < 4.78 is 29.5. The van der Waals surface area contributed by atoms with Gasteiger partial charge < -0.3 is 21.7 Å². The van der Waals surface area contributed by atoms with Crippen LogP contribution in [0, 0.1) is 0 Å². The summed E-state index contributed by atoms with van der Waals surface area (Å²) in [5, 5.41) is 16.5. The topological polar surface area (TPSA) is 171 Å². The number of benzene rings is 4. The number of amides is 2. The molecule has 0 bridgehead atoms. The number of H-pyrrole nitrogens is 1. The van der Waals surface area contributed by atoms with Crippen LogP contribution < -0.4 is 26.0 Å². The third kappa shape index (κ3) is 5.25. The number of sulfonamides is 1. The number of carbonyl (C=O) groups is 1. The third-order valence-corrected chi connectivity index (χ3v) is 10.3. The molecule has 12 nitrogen and oxygen atoms in total. The van der Waals surface area contributed by atoms with E-state index >= 15 is 0 Å². The second kappa shape index (κ2) is 11.1. The average Bonchev–Trinajstić information content (AvgIpc) is 3.69. The number of nitrogens with one attached hydrogen (secondary N) is 4. The van der Waals surface area contributed by atoms with E-state index in [2.05, 4.69) is 48.2 Å². The molecule has 6 N–H and O–H groups in total. The van der Waals surface area contributed by atoms with Gasteiger partial charge in [0.15, 0.2) is 5.65 Å². The van der Waals surface area contributed by atoms with Gasteiger partial charge in [0.2, 0.25) is 5.95 Å². The normalized spacial score (nSPS) is 15.1. The van der Waals surface area contributed by atoms with Gasteiger partial charge in [0.05, 0.1) is 34.8 Å². The van der Waals surface area contributed by atoms with E-state index in [1.54, 1.807) is 24.4 Å². The van der Waals surface area contributed by atoms with Crippen molar-refractivity contribution in [3.8, 4) is 11.1 Å². The van der Waals surface area contributed by atoms with Gasteiger partial charge in [0.25, 0.3) is 10.0 Å². The van der Waals surface area contributed by atoms with Gasteiger partial charge in [-0.05, 0) is 83.1 Å². The fourth-order valence-corrected chi connectivity index (χ4v) is 7.94. The van der Waals surface area contributed by atoms with Gasteiger partial charge in [0, 0.05) is 11.4 Å². The van der Waals surface area contributed by atoms with Crippen molar-refractivity contribution in [3.63, 3.8) is 0 Å². The van der Waals surface area contributed by atoms with Crippen LogP contribution in [0.25, 0.3) is 22.2 Å². The number of fused-ring (bicyclic) bond motifs is 5. The number of aromatic amines is 1. The minimum absolute atomic E-state index is 0.0746. The third-order valence-electron chi connectivity index (χ3n) is 8.53. The first-order chi connectivity index (χ1) is 22.8. The molecule has 2 aliphatic rings. The van der Waals surface area contributed by atoms with Crippen molar-refractivity contribution in [2.24, 2.45) is 0 Å². The molecule has 234 valence electrons. The van der Waals surface area contributed by atoms with Crippen molar-refractivity contribution in [1.29, 1.82) is 0 Å². The molecule has 0 radical (unpaired) electrons. The summed E-state index contributed by atoms with van der Waals surface area (Å²) in [6, 6.07) is 27.0. The monoisotopic (exact) mass is 643 g/mol. The van der Waals surface area contributed by atoms with Gasteiger partial charge >= 0.3 is 6.03 Å². The lowest BCUT2D eigenvalue weighted by Gasteiger charge is -2.35. The van der Waals surface area contributed by atoms with Crippen molar-refractivity contribution in [2.75, 3.05) is 32.5 Å². The molecule has 2 aromatic heterocycles. The lowest BCUT2D eigenvalue weighted by atomic mass is 9.99. The van der Waals surface area contributed by atoms with E-state index in [4.69, 9.17) is 5.73 Å². The van der Waals surface area contributed by atoms with Crippen molar-refractivity contribution in [3.05, 3.63) is 114 Å². The first kappa shape index (κ1) is 28.5. The maximum Gasteiger partial charge on any atom is 0.323 e. The van der Waals surface area contributed by atoms with Crippen LogP contribution in [0.3, 0.4) is 0 Å². The average molecular weight is 644 g/mol. The summed E-state index contributed by atoms with van der Waals surface area (Å²) >= 11 is 0. The summed E-state index contributed by atoms with van der Waals surface area (Å²) in [7, 11) is -3.97. The number of nitrogens with zero attached hydrogens (tertiary/aromatic N) is 4. The van der Waals surface area contributed by atoms with Crippen molar-refractivity contribution in [2.45, 2.75) is 23.8 Å². The number of carbonyl (C=O) groups excluding carboxylic acids is 1. The second-order valence-electron chi connectivity index (χ2n) is 11.6. The van der Waals surface area contributed by atoms with Crippen LogP contribution in [0.4, 0.5) is 33.6 Å². The summed E-state index contributed by atoms with van der Waals surface area (Å²) in [5.74, 6) is 0.548. The standard InChI is InChI=1S/C34H29N9O3S/c35-33-40-31(29-18-36-42-32(29)41-33)37-25-16-21-6-2-4-8-30(21)43(19-25)47(45,46)26-12-9-23(10-13-26)38-34(44)39-24-11-14-28-22(17-24)15-20-5-1-3-7-27(20)28/h1-14,17-18,25H,15-16,19H2,(H2,38,39,44)(H4,35,36,37,40,41,42). The zero-order valence-corrected chi connectivity index (χ0v) is 25.8. The minimum Gasteiger partial charge on any atom is -0.368 e. The second-order valence-corrected chi connectivity index (χ2v) is 13.4. The smallest absolute Gasteiger partial charge is 0.323 e. The number of para-hydroxylation sites is 1. The molecule has 1 atom stereocenters. The maximum absolute atomic E-state index is 14.1. The molecule has 0 saturated heterocycles. The molecule has 1 unspecified atom stereocenters. The molecule has 0 spiro atoms. The lowest BCUT2D eigenvalue weighted by Crippen LogP contribution is -2.45.